The average Bonchev–Trinajstić information content (AvgIpc) is 1.82. The second-order valence-electron chi connectivity index (χ2n) is 2.39. The van der Waals surface area contributed by atoms with Gasteiger partial charge in [-0.05, 0) is 6.42 Å². The summed E-state index contributed by atoms with van der Waals surface area (Å²) in [6.07, 6.45) is 3.04. The lowest BCUT2D eigenvalue weighted by atomic mass is 10.1. The highest BCUT2D eigenvalue weighted by Crippen LogP contribution is 2.10. The van der Waals surface area contributed by atoms with Gasteiger partial charge in [-0.2, -0.15) is 0 Å². The smallest absolute Gasteiger partial charge is 0.0662 e. The molecule has 0 aromatic heterocycles. The molecule has 0 radical (unpaired) electrons. The van der Waals surface area contributed by atoms with Gasteiger partial charge in [-0.1, -0.05) is 42.6 Å². The predicted molar refractivity (Wildman–Crippen MR) is 43.9 cm³/mol. The van der Waals surface area contributed by atoms with Gasteiger partial charge in [0, 0.05) is 4.83 Å². The van der Waals surface area contributed by atoms with Crippen LogP contribution in [0, 0.1) is 0 Å². The van der Waals surface area contributed by atoms with E-state index < -0.39 is 0 Å². The van der Waals surface area contributed by atoms with Gasteiger partial charge in [0.25, 0.3) is 0 Å². The van der Waals surface area contributed by atoms with Gasteiger partial charge in [-0.15, -0.1) is 0 Å². The second kappa shape index (κ2) is 5.24. The normalized spacial score (nSPS) is 17.3. The minimum Gasteiger partial charge on any atom is -0.392 e. The lowest BCUT2D eigenvalue weighted by Crippen LogP contribution is -2.16. The molecule has 0 aromatic rings. The van der Waals surface area contributed by atoms with Crippen molar-refractivity contribution in [3.63, 3.8) is 0 Å². The maximum absolute atomic E-state index is 9.21. The predicted octanol–water partition coefficient (Wildman–Crippen LogP) is 2.32. The molecule has 56 valence electrons. The number of unbranched alkanes of at least 4 members (excludes halogenated alkanes) is 1. The van der Waals surface area contributed by atoms with Gasteiger partial charge in [-0.25, -0.2) is 0 Å². The average molecular weight is 195 g/mol. The first-order chi connectivity index (χ1) is 4.18. The van der Waals surface area contributed by atoms with Gasteiger partial charge in [-0.3, -0.25) is 0 Å². The summed E-state index contributed by atoms with van der Waals surface area (Å²) >= 11 is 3.32. The van der Waals surface area contributed by atoms with Crippen molar-refractivity contribution in [1.82, 2.24) is 0 Å². The van der Waals surface area contributed by atoms with E-state index in [9.17, 15) is 5.11 Å². The highest BCUT2D eigenvalue weighted by Gasteiger charge is 2.08. The third-order valence-electron chi connectivity index (χ3n) is 1.38. The maximum Gasteiger partial charge on any atom is 0.0662 e. The quantitative estimate of drug-likeness (QED) is 0.682. The first kappa shape index (κ1) is 9.44. The van der Waals surface area contributed by atoms with Crippen LogP contribution in [0.25, 0.3) is 0 Å². The van der Waals surface area contributed by atoms with Crippen LogP contribution < -0.4 is 0 Å². The van der Waals surface area contributed by atoms with Crippen molar-refractivity contribution >= 4 is 15.9 Å². The van der Waals surface area contributed by atoms with Crippen LogP contribution in [-0.2, 0) is 0 Å². The van der Waals surface area contributed by atoms with Crippen molar-refractivity contribution in [2.24, 2.45) is 0 Å². The van der Waals surface area contributed by atoms with Crippen molar-refractivity contribution in [3.05, 3.63) is 0 Å². The van der Waals surface area contributed by atoms with E-state index in [4.69, 9.17) is 0 Å². The Balaban J connectivity index is 3.16. The van der Waals surface area contributed by atoms with Gasteiger partial charge in [0.2, 0.25) is 0 Å². The lowest BCUT2D eigenvalue weighted by Gasteiger charge is -2.10. The Morgan fingerprint density at radius 3 is 2.44 bits per heavy atom. The maximum atomic E-state index is 9.21. The zero-order valence-electron chi connectivity index (χ0n) is 6.10. The summed E-state index contributed by atoms with van der Waals surface area (Å²) in [5, 5.41) is 9.21. The fourth-order valence-electron chi connectivity index (χ4n) is 0.643. The van der Waals surface area contributed by atoms with Crippen LogP contribution in [0.3, 0.4) is 0 Å². The van der Waals surface area contributed by atoms with Gasteiger partial charge in [0.15, 0.2) is 0 Å². The molecule has 1 nitrogen and oxygen atoms in total. The molecule has 0 aliphatic heterocycles. The van der Waals surface area contributed by atoms with Crippen LogP contribution in [0.2, 0.25) is 0 Å². The number of aliphatic hydroxyl groups excluding tert-OH is 1. The molecule has 0 amide bonds. The van der Waals surface area contributed by atoms with Crippen LogP contribution >= 0.6 is 15.9 Å². The Hall–Kier alpha value is 0.440. The first-order valence-corrected chi connectivity index (χ1v) is 4.42. The molecular formula is C7H15BrO. The Labute approximate surface area is 65.6 Å². The molecule has 0 aliphatic rings. The monoisotopic (exact) mass is 194 g/mol. The molecule has 0 heterocycles. The van der Waals surface area contributed by atoms with E-state index in [1.54, 1.807) is 0 Å². The summed E-state index contributed by atoms with van der Waals surface area (Å²) in [5.74, 6) is 0. The summed E-state index contributed by atoms with van der Waals surface area (Å²) < 4.78 is 0. The molecule has 1 N–H and O–H groups in total. The van der Waals surface area contributed by atoms with Crippen LogP contribution in [0.15, 0.2) is 0 Å². The lowest BCUT2D eigenvalue weighted by molar-refractivity contribution is 0.164. The molecule has 0 saturated heterocycles. The minimum atomic E-state index is -0.162. The Morgan fingerprint density at radius 2 is 2.11 bits per heavy atom. The summed E-state index contributed by atoms with van der Waals surface area (Å²) in [7, 11) is 0. The Kier molecular flexibility index (Phi) is 5.50. The molecule has 0 spiro atoms. The Bertz CT molecular complexity index is 63.9. The molecular weight excluding hydrogens is 180 g/mol. The molecule has 2 atom stereocenters. The molecule has 0 fully saturated rings. The number of rotatable bonds is 4. The molecule has 9 heavy (non-hydrogen) atoms. The van der Waals surface area contributed by atoms with Crippen LogP contribution in [0.4, 0.5) is 0 Å². The van der Waals surface area contributed by atoms with Crippen LogP contribution in [0.5, 0.6) is 0 Å². The van der Waals surface area contributed by atoms with E-state index in [1.165, 1.54) is 0 Å². The SMILES string of the molecule is CCCCC(O)C(C)Br. The zero-order valence-corrected chi connectivity index (χ0v) is 7.69. The Morgan fingerprint density at radius 1 is 1.56 bits per heavy atom. The number of halogens is 1. The second-order valence-corrected chi connectivity index (χ2v) is 3.83. The van der Waals surface area contributed by atoms with Gasteiger partial charge in [0.05, 0.1) is 6.10 Å². The molecule has 2 unspecified atom stereocenters. The van der Waals surface area contributed by atoms with Gasteiger partial charge in [0.1, 0.15) is 0 Å². The van der Waals surface area contributed by atoms with Gasteiger partial charge < -0.3 is 5.11 Å². The van der Waals surface area contributed by atoms with E-state index in [0.717, 1.165) is 19.3 Å². The topological polar surface area (TPSA) is 20.2 Å². The fraction of sp³-hybridized carbons (Fsp3) is 1.00. The third kappa shape index (κ3) is 4.91. The minimum absolute atomic E-state index is 0.162. The van der Waals surface area contributed by atoms with Crippen molar-refractivity contribution in [2.45, 2.75) is 44.0 Å². The highest BCUT2D eigenvalue weighted by molar-refractivity contribution is 9.09. The van der Waals surface area contributed by atoms with Crippen molar-refractivity contribution < 1.29 is 5.11 Å². The molecule has 0 bridgehead atoms. The van der Waals surface area contributed by atoms with E-state index in [2.05, 4.69) is 22.9 Å². The highest BCUT2D eigenvalue weighted by atomic mass is 79.9. The van der Waals surface area contributed by atoms with E-state index in [1.807, 2.05) is 6.92 Å². The standard InChI is InChI=1S/C7H15BrO/c1-3-4-5-7(9)6(2)8/h6-7,9H,3-5H2,1-2H3. The van der Waals surface area contributed by atoms with E-state index in [0.29, 0.717) is 0 Å². The summed E-state index contributed by atoms with van der Waals surface area (Å²) in [5.41, 5.74) is 0. The number of aliphatic hydroxyl groups is 1. The fourth-order valence-corrected chi connectivity index (χ4v) is 0.907. The van der Waals surface area contributed by atoms with E-state index in [-0.39, 0.29) is 10.9 Å². The number of hydrogen-bond acceptors (Lipinski definition) is 1. The summed E-state index contributed by atoms with van der Waals surface area (Å²) in [6, 6.07) is 0. The van der Waals surface area contributed by atoms with E-state index >= 15 is 0 Å². The molecule has 0 aliphatic carbocycles. The molecule has 2 heteroatoms. The van der Waals surface area contributed by atoms with Crippen LogP contribution in [0.1, 0.15) is 33.1 Å². The first-order valence-electron chi connectivity index (χ1n) is 3.50. The number of alkyl halides is 1. The number of hydrogen-bond donors (Lipinski definition) is 1. The van der Waals surface area contributed by atoms with Crippen molar-refractivity contribution in [1.29, 1.82) is 0 Å². The largest absolute Gasteiger partial charge is 0.392 e. The third-order valence-corrected chi connectivity index (χ3v) is 1.99. The summed E-state index contributed by atoms with van der Waals surface area (Å²) in [4.78, 5) is 0.240. The zero-order chi connectivity index (χ0) is 7.28. The molecule has 0 saturated carbocycles. The van der Waals surface area contributed by atoms with Crippen molar-refractivity contribution in [3.8, 4) is 0 Å². The molecule has 0 rings (SSSR count). The molecule has 0 aromatic carbocycles. The van der Waals surface area contributed by atoms with Crippen molar-refractivity contribution in [2.75, 3.05) is 0 Å². The van der Waals surface area contributed by atoms with Gasteiger partial charge >= 0.3 is 0 Å². The summed E-state index contributed by atoms with van der Waals surface area (Å²) in [6.45, 7) is 4.10. The van der Waals surface area contributed by atoms with Crippen LogP contribution in [-0.4, -0.2) is 16.0 Å².